The van der Waals surface area contributed by atoms with Crippen molar-refractivity contribution >= 4 is 0 Å². The van der Waals surface area contributed by atoms with Crippen molar-refractivity contribution in [3.8, 4) is 0 Å². The Bertz CT molecular complexity index is 694. The lowest BCUT2D eigenvalue weighted by Crippen LogP contribution is -2.09. The van der Waals surface area contributed by atoms with Gasteiger partial charge in [0.25, 0.3) is 0 Å². The molecule has 0 unspecified atom stereocenters. The van der Waals surface area contributed by atoms with Crippen molar-refractivity contribution in [2.45, 2.75) is 130 Å². The molecule has 0 aliphatic carbocycles. The highest BCUT2D eigenvalue weighted by molar-refractivity contribution is 5.19. The highest BCUT2D eigenvalue weighted by Gasteiger charge is 2.52. The molecule has 2 aliphatic heterocycles. The third kappa shape index (κ3) is 9.63. The monoisotopic (exact) mass is 440 g/mol. The van der Waals surface area contributed by atoms with Crippen molar-refractivity contribution in [2.24, 2.45) is 0 Å². The van der Waals surface area contributed by atoms with E-state index < -0.39 is 0 Å². The molecule has 0 N–H and O–H groups in total. The van der Waals surface area contributed by atoms with Crippen LogP contribution in [0.2, 0.25) is 0 Å². The van der Waals surface area contributed by atoms with E-state index >= 15 is 0 Å². The first-order valence-corrected chi connectivity index (χ1v) is 12.7. The van der Waals surface area contributed by atoms with Crippen LogP contribution in [0.1, 0.15) is 107 Å². The van der Waals surface area contributed by atoms with E-state index in [0.717, 1.165) is 51.4 Å². The minimum atomic E-state index is 0.00359. The summed E-state index contributed by atoms with van der Waals surface area (Å²) in [6, 6.07) is 0. The van der Waals surface area contributed by atoms with Crippen LogP contribution in [-0.4, -0.2) is 23.4 Å². The van der Waals surface area contributed by atoms with E-state index in [4.69, 9.17) is 9.47 Å². The first kappa shape index (κ1) is 26.9. The molecule has 0 spiro atoms. The fourth-order valence-corrected chi connectivity index (χ4v) is 4.19. The fraction of sp³-hybridized carbons (Fsp3) is 0.667. The molecule has 2 fully saturated rings. The third-order valence-corrected chi connectivity index (χ3v) is 6.79. The first-order chi connectivity index (χ1) is 15.0. The van der Waals surface area contributed by atoms with Gasteiger partial charge < -0.3 is 9.47 Å². The van der Waals surface area contributed by atoms with E-state index in [1.165, 1.54) is 22.3 Å². The number of ether oxygens (including phenoxy) is 2. The van der Waals surface area contributed by atoms with Gasteiger partial charge in [-0.3, -0.25) is 0 Å². The molecule has 2 saturated heterocycles. The summed E-state index contributed by atoms with van der Waals surface area (Å²) in [5, 5.41) is 0. The van der Waals surface area contributed by atoms with Crippen LogP contribution in [0, 0.1) is 0 Å². The highest BCUT2D eigenvalue weighted by Crippen LogP contribution is 2.45. The topological polar surface area (TPSA) is 25.1 Å². The first-order valence-electron chi connectivity index (χ1n) is 12.7. The Balaban J connectivity index is 1.65. The largest absolute Gasteiger partial charge is 0.362 e. The van der Waals surface area contributed by atoms with E-state index in [1.807, 2.05) is 0 Å². The minimum Gasteiger partial charge on any atom is -0.362 e. The molecule has 32 heavy (non-hydrogen) atoms. The van der Waals surface area contributed by atoms with Gasteiger partial charge in [-0.15, -0.1) is 0 Å². The maximum absolute atomic E-state index is 6.02. The summed E-state index contributed by atoms with van der Waals surface area (Å²) in [5.74, 6) is 0. The Hall–Kier alpha value is -1.38. The molecule has 0 saturated carbocycles. The molecular formula is C30H48O2. The van der Waals surface area contributed by atoms with Crippen molar-refractivity contribution < 1.29 is 9.47 Å². The zero-order valence-corrected chi connectivity index (χ0v) is 22.1. The fourth-order valence-electron chi connectivity index (χ4n) is 4.19. The van der Waals surface area contributed by atoms with Crippen molar-refractivity contribution in [3.63, 3.8) is 0 Å². The molecule has 0 bridgehead atoms. The maximum Gasteiger partial charge on any atom is 0.105 e. The second kappa shape index (κ2) is 12.2. The normalized spacial score (nSPS) is 29.9. The third-order valence-electron chi connectivity index (χ3n) is 6.79. The van der Waals surface area contributed by atoms with Gasteiger partial charge in [-0.25, -0.2) is 0 Å². The summed E-state index contributed by atoms with van der Waals surface area (Å²) in [4.78, 5) is 0. The Morgan fingerprint density at radius 2 is 0.969 bits per heavy atom. The van der Waals surface area contributed by atoms with Gasteiger partial charge in [0.1, 0.15) is 12.2 Å². The summed E-state index contributed by atoms with van der Waals surface area (Å²) in [5.41, 5.74) is 5.80. The number of allylic oxidation sites excluding steroid dienone is 8. The van der Waals surface area contributed by atoms with Crippen molar-refractivity contribution in [3.05, 3.63) is 58.7 Å². The molecular weight excluding hydrogens is 392 g/mol. The lowest BCUT2D eigenvalue weighted by Gasteiger charge is -2.04. The Morgan fingerprint density at radius 1 is 0.594 bits per heavy atom. The van der Waals surface area contributed by atoms with Gasteiger partial charge in [-0.1, -0.05) is 58.7 Å². The molecule has 2 aliphatic rings. The molecule has 2 heteroatoms. The van der Waals surface area contributed by atoms with E-state index in [2.05, 4.69) is 91.8 Å². The summed E-state index contributed by atoms with van der Waals surface area (Å²) in [7, 11) is 0. The van der Waals surface area contributed by atoms with Crippen LogP contribution in [0.15, 0.2) is 58.7 Å². The van der Waals surface area contributed by atoms with Crippen LogP contribution in [0.3, 0.4) is 0 Å². The molecule has 0 amide bonds. The number of hydrogen-bond acceptors (Lipinski definition) is 2. The lowest BCUT2D eigenvalue weighted by atomic mass is 9.97. The Labute approximate surface area is 198 Å². The van der Waals surface area contributed by atoms with Crippen molar-refractivity contribution in [2.75, 3.05) is 0 Å². The van der Waals surface area contributed by atoms with Crippen molar-refractivity contribution in [1.82, 2.24) is 0 Å². The number of rotatable bonds is 14. The summed E-state index contributed by atoms with van der Waals surface area (Å²) in [6.45, 7) is 17.6. The van der Waals surface area contributed by atoms with Crippen LogP contribution >= 0.6 is 0 Å². The standard InChI is InChI=1S/C30H48O2/c1-23(2)13-9-15-25(5)17-11-21-29(7)27(31-29)19-20-28-30(8,32-28)22-12-18-26(6)16-10-14-24(3)4/h13-14,17-20,27-28H,9-12,15-16,21-22H2,1-8H3/b20-19+,25-17+,26-18+/t27-,28-,29-,30-/m0/s1. The molecule has 2 heterocycles. The summed E-state index contributed by atoms with van der Waals surface area (Å²) in [6.07, 6.45) is 23.4. The van der Waals surface area contributed by atoms with Crippen LogP contribution in [0.4, 0.5) is 0 Å². The number of epoxide rings is 2. The molecule has 0 radical (unpaired) electrons. The lowest BCUT2D eigenvalue weighted by molar-refractivity contribution is 0.301. The van der Waals surface area contributed by atoms with Crippen LogP contribution in [-0.2, 0) is 9.47 Å². The molecule has 0 aromatic heterocycles. The zero-order chi connectivity index (χ0) is 23.8. The van der Waals surface area contributed by atoms with E-state index in [0.29, 0.717) is 0 Å². The van der Waals surface area contributed by atoms with E-state index in [9.17, 15) is 0 Å². The molecule has 180 valence electrons. The second-order valence-corrected chi connectivity index (χ2v) is 10.9. The van der Waals surface area contributed by atoms with Gasteiger partial charge in [0.05, 0.1) is 11.2 Å². The maximum atomic E-state index is 6.02. The van der Waals surface area contributed by atoms with E-state index in [-0.39, 0.29) is 23.4 Å². The number of hydrogen-bond donors (Lipinski definition) is 0. The zero-order valence-electron chi connectivity index (χ0n) is 22.1. The van der Waals surface area contributed by atoms with Gasteiger partial charge in [0.2, 0.25) is 0 Å². The average molecular weight is 441 g/mol. The Kier molecular flexibility index (Phi) is 10.2. The van der Waals surface area contributed by atoms with Crippen molar-refractivity contribution in [1.29, 1.82) is 0 Å². The summed E-state index contributed by atoms with van der Waals surface area (Å²) < 4.78 is 12.0. The minimum absolute atomic E-state index is 0.00359. The van der Waals surface area contributed by atoms with Crippen LogP contribution < -0.4 is 0 Å². The van der Waals surface area contributed by atoms with Crippen LogP contribution in [0.25, 0.3) is 0 Å². The van der Waals surface area contributed by atoms with Gasteiger partial charge in [0.15, 0.2) is 0 Å². The average Bonchev–Trinajstić information content (AvgIpc) is 3.54. The molecule has 2 nitrogen and oxygen atoms in total. The predicted octanol–water partition coefficient (Wildman–Crippen LogP) is 8.80. The predicted molar refractivity (Wildman–Crippen MR) is 139 cm³/mol. The second-order valence-electron chi connectivity index (χ2n) is 10.9. The molecule has 4 atom stereocenters. The summed E-state index contributed by atoms with van der Waals surface area (Å²) >= 11 is 0. The molecule has 0 aromatic carbocycles. The molecule has 2 rings (SSSR count). The smallest absolute Gasteiger partial charge is 0.105 e. The van der Waals surface area contributed by atoms with E-state index in [1.54, 1.807) is 0 Å². The Morgan fingerprint density at radius 3 is 1.31 bits per heavy atom. The van der Waals surface area contributed by atoms with Gasteiger partial charge in [0, 0.05) is 0 Å². The SMILES string of the molecule is CC(C)=CCC/C(C)=C/CC[C@]1(C)O[C@H]1/C=C/[C@@H]1O[C@@]1(C)CC/C=C(\C)CCC=C(C)C. The van der Waals surface area contributed by atoms with Crippen LogP contribution in [0.5, 0.6) is 0 Å². The van der Waals surface area contributed by atoms with Gasteiger partial charge >= 0.3 is 0 Å². The highest BCUT2D eigenvalue weighted by atomic mass is 16.6. The van der Waals surface area contributed by atoms with Gasteiger partial charge in [-0.05, 0) is 107 Å². The van der Waals surface area contributed by atoms with Gasteiger partial charge in [-0.2, -0.15) is 0 Å². The molecule has 0 aromatic rings. The quantitative estimate of drug-likeness (QED) is 0.199.